The number of allylic oxidation sites excluding steroid dienone is 2. The fraction of sp³-hybridized carbons (Fsp3) is 0.818. The Labute approximate surface area is 80.9 Å². The Hall–Kier alpha value is -0.340. The Bertz CT molecular complexity index is 185. The van der Waals surface area contributed by atoms with Crippen molar-refractivity contribution >= 4 is 0 Å². The number of ether oxygens (including phenoxy) is 2. The fourth-order valence-corrected chi connectivity index (χ4v) is 1.73. The molecule has 1 aliphatic heterocycles. The van der Waals surface area contributed by atoms with Crippen molar-refractivity contribution < 1.29 is 9.47 Å². The Kier molecular flexibility index (Phi) is 3.51. The molecule has 1 heterocycles. The first-order chi connectivity index (χ1) is 6.05. The van der Waals surface area contributed by atoms with E-state index in [4.69, 9.17) is 9.47 Å². The van der Waals surface area contributed by atoms with Gasteiger partial charge in [-0.1, -0.05) is 12.2 Å². The summed E-state index contributed by atoms with van der Waals surface area (Å²) in [5.74, 6) is -0.389. The highest BCUT2D eigenvalue weighted by Crippen LogP contribution is 2.30. The first-order valence-corrected chi connectivity index (χ1v) is 5.02. The van der Waals surface area contributed by atoms with Crippen molar-refractivity contribution in [3.8, 4) is 0 Å². The molecule has 0 N–H and O–H groups in total. The van der Waals surface area contributed by atoms with E-state index in [-0.39, 0.29) is 18.0 Å². The van der Waals surface area contributed by atoms with Crippen LogP contribution in [0.4, 0.5) is 0 Å². The first kappa shape index (κ1) is 10.7. The highest BCUT2D eigenvalue weighted by molar-refractivity contribution is 4.83. The van der Waals surface area contributed by atoms with Crippen molar-refractivity contribution in [3.05, 3.63) is 12.2 Å². The van der Waals surface area contributed by atoms with Crippen LogP contribution in [0.15, 0.2) is 12.2 Å². The normalized spacial score (nSPS) is 32.9. The van der Waals surface area contributed by atoms with Crippen LogP contribution in [-0.2, 0) is 9.47 Å². The standard InChI is InChI=1S/C11H20O2/c1-5-6-7-8-10-9(2)12-11(3,4)13-10/h5-6,9-10H,7-8H2,1-4H3/b6-5-. The molecule has 1 rings (SSSR count). The SMILES string of the molecule is C/C=C\CCC1OC(C)(C)OC1C. The van der Waals surface area contributed by atoms with Gasteiger partial charge >= 0.3 is 0 Å². The summed E-state index contributed by atoms with van der Waals surface area (Å²) in [6.45, 7) is 8.06. The molecular weight excluding hydrogens is 164 g/mol. The van der Waals surface area contributed by atoms with Crippen LogP contribution in [0, 0.1) is 0 Å². The van der Waals surface area contributed by atoms with Crippen molar-refractivity contribution in [1.82, 2.24) is 0 Å². The van der Waals surface area contributed by atoms with Gasteiger partial charge in [0.15, 0.2) is 5.79 Å². The summed E-state index contributed by atoms with van der Waals surface area (Å²) in [5.41, 5.74) is 0. The lowest BCUT2D eigenvalue weighted by Gasteiger charge is -2.16. The molecule has 2 atom stereocenters. The van der Waals surface area contributed by atoms with Gasteiger partial charge in [-0.15, -0.1) is 0 Å². The lowest BCUT2D eigenvalue weighted by Crippen LogP contribution is -2.21. The van der Waals surface area contributed by atoms with Crippen molar-refractivity contribution in [2.45, 2.75) is 58.5 Å². The summed E-state index contributed by atoms with van der Waals surface area (Å²) in [7, 11) is 0. The van der Waals surface area contributed by atoms with Gasteiger partial charge in [-0.25, -0.2) is 0 Å². The molecule has 0 radical (unpaired) electrons. The minimum Gasteiger partial charge on any atom is -0.345 e. The largest absolute Gasteiger partial charge is 0.345 e. The Morgan fingerprint density at radius 2 is 2.00 bits per heavy atom. The highest BCUT2D eigenvalue weighted by atomic mass is 16.7. The van der Waals surface area contributed by atoms with Crippen LogP contribution in [0.2, 0.25) is 0 Å². The maximum atomic E-state index is 5.75. The minimum atomic E-state index is -0.389. The first-order valence-electron chi connectivity index (χ1n) is 5.02. The van der Waals surface area contributed by atoms with E-state index < -0.39 is 0 Å². The van der Waals surface area contributed by atoms with Crippen LogP contribution >= 0.6 is 0 Å². The second kappa shape index (κ2) is 4.25. The summed E-state index contributed by atoms with van der Waals surface area (Å²) in [4.78, 5) is 0. The monoisotopic (exact) mass is 184 g/mol. The highest BCUT2D eigenvalue weighted by Gasteiger charge is 2.37. The molecule has 0 saturated carbocycles. The molecule has 1 fully saturated rings. The molecular formula is C11H20O2. The van der Waals surface area contributed by atoms with E-state index in [1.54, 1.807) is 0 Å². The van der Waals surface area contributed by atoms with Crippen LogP contribution in [0.1, 0.15) is 40.5 Å². The van der Waals surface area contributed by atoms with Gasteiger partial charge in [0, 0.05) is 0 Å². The van der Waals surface area contributed by atoms with Crippen LogP contribution in [0.25, 0.3) is 0 Å². The zero-order valence-electron chi connectivity index (χ0n) is 9.04. The molecule has 0 aromatic carbocycles. The molecule has 76 valence electrons. The predicted octanol–water partition coefficient (Wildman–Crippen LogP) is 2.88. The van der Waals surface area contributed by atoms with Crippen molar-refractivity contribution in [3.63, 3.8) is 0 Å². The molecule has 13 heavy (non-hydrogen) atoms. The zero-order valence-corrected chi connectivity index (χ0v) is 9.04. The predicted molar refractivity (Wildman–Crippen MR) is 53.5 cm³/mol. The zero-order chi connectivity index (χ0) is 9.90. The van der Waals surface area contributed by atoms with E-state index in [0.717, 1.165) is 12.8 Å². The lowest BCUT2D eigenvalue weighted by molar-refractivity contribution is -0.145. The maximum Gasteiger partial charge on any atom is 0.163 e. The van der Waals surface area contributed by atoms with Gasteiger partial charge in [0.05, 0.1) is 12.2 Å². The van der Waals surface area contributed by atoms with Crippen LogP contribution in [0.3, 0.4) is 0 Å². The van der Waals surface area contributed by atoms with E-state index in [9.17, 15) is 0 Å². The minimum absolute atomic E-state index is 0.222. The third-order valence-electron chi connectivity index (χ3n) is 2.28. The van der Waals surface area contributed by atoms with Crippen LogP contribution < -0.4 is 0 Å². The Morgan fingerprint density at radius 3 is 2.46 bits per heavy atom. The van der Waals surface area contributed by atoms with E-state index in [0.29, 0.717) is 0 Å². The second-order valence-electron chi connectivity index (χ2n) is 4.03. The summed E-state index contributed by atoms with van der Waals surface area (Å²) < 4.78 is 11.4. The van der Waals surface area contributed by atoms with E-state index in [1.807, 2.05) is 20.8 Å². The molecule has 1 aliphatic rings. The van der Waals surface area contributed by atoms with Gasteiger partial charge in [-0.05, 0) is 40.5 Å². The Morgan fingerprint density at radius 1 is 1.31 bits per heavy atom. The maximum absolute atomic E-state index is 5.75. The van der Waals surface area contributed by atoms with Crippen molar-refractivity contribution in [2.75, 3.05) is 0 Å². The van der Waals surface area contributed by atoms with Gasteiger partial charge in [-0.3, -0.25) is 0 Å². The van der Waals surface area contributed by atoms with Crippen molar-refractivity contribution in [1.29, 1.82) is 0 Å². The second-order valence-corrected chi connectivity index (χ2v) is 4.03. The topological polar surface area (TPSA) is 18.5 Å². The van der Waals surface area contributed by atoms with E-state index in [2.05, 4.69) is 19.1 Å². The third kappa shape index (κ3) is 3.12. The average Bonchev–Trinajstić information content (AvgIpc) is 2.25. The number of rotatable bonds is 3. The summed E-state index contributed by atoms with van der Waals surface area (Å²) in [5, 5.41) is 0. The fourth-order valence-electron chi connectivity index (χ4n) is 1.73. The van der Waals surface area contributed by atoms with Crippen LogP contribution in [0.5, 0.6) is 0 Å². The van der Waals surface area contributed by atoms with Gasteiger partial charge in [0.25, 0.3) is 0 Å². The van der Waals surface area contributed by atoms with Gasteiger partial charge in [0.1, 0.15) is 0 Å². The molecule has 2 heteroatoms. The number of hydrogen-bond donors (Lipinski definition) is 0. The molecule has 2 nitrogen and oxygen atoms in total. The molecule has 0 aromatic rings. The quantitative estimate of drug-likeness (QED) is 0.628. The molecule has 0 spiro atoms. The van der Waals surface area contributed by atoms with Crippen molar-refractivity contribution in [2.24, 2.45) is 0 Å². The molecule has 0 aliphatic carbocycles. The van der Waals surface area contributed by atoms with E-state index >= 15 is 0 Å². The molecule has 0 aromatic heterocycles. The summed E-state index contributed by atoms with van der Waals surface area (Å²) in [6.07, 6.45) is 6.85. The van der Waals surface area contributed by atoms with Gasteiger partial charge < -0.3 is 9.47 Å². The van der Waals surface area contributed by atoms with Gasteiger partial charge in [0.2, 0.25) is 0 Å². The summed E-state index contributed by atoms with van der Waals surface area (Å²) in [6, 6.07) is 0. The lowest BCUT2D eigenvalue weighted by atomic mass is 10.1. The van der Waals surface area contributed by atoms with Gasteiger partial charge in [-0.2, -0.15) is 0 Å². The molecule has 0 bridgehead atoms. The Balaban J connectivity index is 2.35. The van der Waals surface area contributed by atoms with Crippen LogP contribution in [-0.4, -0.2) is 18.0 Å². The number of hydrogen-bond acceptors (Lipinski definition) is 2. The smallest absolute Gasteiger partial charge is 0.163 e. The summed E-state index contributed by atoms with van der Waals surface area (Å²) >= 11 is 0. The molecule has 1 saturated heterocycles. The van der Waals surface area contributed by atoms with E-state index in [1.165, 1.54) is 0 Å². The average molecular weight is 184 g/mol. The third-order valence-corrected chi connectivity index (χ3v) is 2.28. The molecule has 0 amide bonds. The molecule has 2 unspecified atom stereocenters.